The van der Waals surface area contributed by atoms with E-state index < -0.39 is 20.0 Å². The van der Waals surface area contributed by atoms with Crippen LogP contribution in [0.2, 0.25) is 0 Å². The Labute approximate surface area is 237 Å². The van der Waals surface area contributed by atoms with Crippen LogP contribution in [0.25, 0.3) is 10.8 Å². The molecule has 0 atom stereocenters. The quantitative estimate of drug-likeness (QED) is 0.490. The van der Waals surface area contributed by atoms with Gasteiger partial charge in [-0.25, -0.2) is 16.8 Å². The molecule has 4 heterocycles. The Morgan fingerprint density at radius 3 is 1.95 bits per heavy atom. The van der Waals surface area contributed by atoms with E-state index in [0.717, 1.165) is 67.6 Å². The Kier molecular flexibility index (Phi) is 8.86. The number of sulfonamides is 2. The van der Waals surface area contributed by atoms with Gasteiger partial charge in [-0.1, -0.05) is 24.3 Å². The molecule has 216 valence electrons. The molecular formula is C28H38N6O4S2. The first-order valence-electron chi connectivity index (χ1n) is 13.7. The van der Waals surface area contributed by atoms with Crippen molar-refractivity contribution in [1.29, 1.82) is 0 Å². The van der Waals surface area contributed by atoms with Gasteiger partial charge in [-0.05, 0) is 56.4 Å². The normalized spacial score (nSPS) is 20.1. The van der Waals surface area contributed by atoms with Crippen molar-refractivity contribution in [2.45, 2.75) is 22.8 Å². The average molecular weight is 587 g/mol. The lowest BCUT2D eigenvalue weighted by Gasteiger charge is -2.32. The van der Waals surface area contributed by atoms with E-state index >= 15 is 0 Å². The van der Waals surface area contributed by atoms with Gasteiger partial charge in [0.25, 0.3) is 0 Å². The second kappa shape index (κ2) is 12.2. The second-order valence-electron chi connectivity index (χ2n) is 10.6. The molecule has 3 aromatic rings. The highest BCUT2D eigenvalue weighted by Gasteiger charge is 2.31. The van der Waals surface area contributed by atoms with Crippen molar-refractivity contribution in [1.82, 2.24) is 28.7 Å². The van der Waals surface area contributed by atoms with Crippen LogP contribution >= 0.6 is 0 Å². The molecule has 0 saturated carbocycles. The van der Waals surface area contributed by atoms with E-state index in [9.17, 15) is 16.8 Å². The Bertz CT molecular complexity index is 1540. The minimum absolute atomic E-state index is 0.377. The number of nitrogens with one attached hydrogen (secondary N) is 1. The maximum absolute atomic E-state index is 12.9. The summed E-state index contributed by atoms with van der Waals surface area (Å²) in [5, 5.41) is 4.88. The standard InChI is InChI=1S/C14H21N3O2S.C14H17N3O2S/c2*1-16-7-9-17(10-8-16)20(18,19)14-4-2-3-12-11-15-6-5-13(12)14/h2-4,15H,5-11H2,1H3;2-6,11H,7-10H2,1H3. The topological polar surface area (TPSA) is 106 Å². The van der Waals surface area contributed by atoms with Gasteiger partial charge < -0.3 is 15.1 Å². The SMILES string of the molecule is CN1CCN(S(=O)(=O)c2cccc3c2CCNC3)CC1.CN1CCN(S(=O)(=O)c2cccc3cnccc23)CC1. The zero-order chi connectivity index (χ0) is 28.3. The summed E-state index contributed by atoms with van der Waals surface area (Å²) in [7, 11) is -2.75. The van der Waals surface area contributed by atoms with E-state index in [2.05, 4.69) is 20.1 Å². The highest BCUT2D eigenvalue weighted by Crippen LogP contribution is 2.27. The van der Waals surface area contributed by atoms with E-state index in [1.54, 1.807) is 45.3 Å². The molecule has 12 heteroatoms. The van der Waals surface area contributed by atoms with Crippen LogP contribution in [-0.2, 0) is 33.0 Å². The van der Waals surface area contributed by atoms with Crippen molar-refractivity contribution in [3.8, 4) is 0 Å². The summed E-state index contributed by atoms with van der Waals surface area (Å²) in [5.74, 6) is 0. The third-order valence-corrected chi connectivity index (χ3v) is 11.8. The molecule has 0 spiro atoms. The predicted octanol–water partition coefficient (Wildman–Crippen LogP) is 1.44. The molecular weight excluding hydrogens is 548 g/mol. The first kappa shape index (κ1) is 29.1. The number of rotatable bonds is 4. The Balaban J connectivity index is 0.000000161. The lowest BCUT2D eigenvalue weighted by molar-refractivity contribution is 0.222. The van der Waals surface area contributed by atoms with Crippen LogP contribution in [0.3, 0.4) is 0 Å². The van der Waals surface area contributed by atoms with Gasteiger partial charge in [-0.15, -0.1) is 0 Å². The molecule has 10 nitrogen and oxygen atoms in total. The lowest BCUT2D eigenvalue weighted by Crippen LogP contribution is -2.47. The summed E-state index contributed by atoms with van der Waals surface area (Å²) in [6.45, 7) is 7.01. The van der Waals surface area contributed by atoms with Crippen molar-refractivity contribution >= 4 is 30.8 Å². The summed E-state index contributed by atoms with van der Waals surface area (Å²) in [4.78, 5) is 9.24. The third-order valence-electron chi connectivity index (χ3n) is 7.90. The largest absolute Gasteiger partial charge is 0.312 e. The zero-order valence-corrected chi connectivity index (χ0v) is 24.8. The van der Waals surface area contributed by atoms with Gasteiger partial charge >= 0.3 is 0 Å². The highest BCUT2D eigenvalue weighted by molar-refractivity contribution is 7.89. The number of nitrogens with zero attached hydrogens (tertiary/aromatic N) is 5. The molecule has 0 bridgehead atoms. The smallest absolute Gasteiger partial charge is 0.243 e. The van der Waals surface area contributed by atoms with Gasteiger partial charge in [0.2, 0.25) is 20.0 Å². The summed E-state index contributed by atoms with van der Waals surface area (Å²) in [6.07, 6.45) is 4.11. The summed E-state index contributed by atoms with van der Waals surface area (Å²) < 4.78 is 54.5. The fourth-order valence-corrected chi connectivity index (χ4v) is 8.75. The first-order valence-corrected chi connectivity index (χ1v) is 16.6. The molecule has 40 heavy (non-hydrogen) atoms. The number of aromatic nitrogens is 1. The predicted molar refractivity (Wildman–Crippen MR) is 156 cm³/mol. The number of benzene rings is 2. The summed E-state index contributed by atoms with van der Waals surface area (Å²) >= 11 is 0. The molecule has 2 saturated heterocycles. The monoisotopic (exact) mass is 586 g/mol. The molecule has 0 radical (unpaired) electrons. The average Bonchev–Trinajstić information content (AvgIpc) is 2.97. The fraction of sp³-hybridized carbons (Fsp3) is 0.464. The van der Waals surface area contributed by atoms with Crippen LogP contribution in [-0.4, -0.2) is 113 Å². The fourth-order valence-electron chi connectivity index (χ4n) is 5.39. The molecule has 2 fully saturated rings. The number of likely N-dealkylation sites (N-methyl/N-ethyl adjacent to an activating group) is 2. The Morgan fingerprint density at radius 1 is 0.725 bits per heavy atom. The molecule has 2 aromatic carbocycles. The van der Waals surface area contributed by atoms with Gasteiger partial charge in [0.1, 0.15) is 0 Å². The van der Waals surface area contributed by atoms with Crippen molar-refractivity contribution < 1.29 is 16.8 Å². The van der Waals surface area contributed by atoms with Gasteiger partial charge in [0.05, 0.1) is 9.79 Å². The van der Waals surface area contributed by atoms with E-state index in [0.29, 0.717) is 36.0 Å². The van der Waals surface area contributed by atoms with Crippen molar-refractivity contribution in [2.75, 3.05) is 73.0 Å². The Morgan fingerprint density at radius 2 is 1.30 bits per heavy atom. The van der Waals surface area contributed by atoms with Crippen molar-refractivity contribution in [3.05, 3.63) is 66.0 Å². The number of hydrogen-bond donors (Lipinski definition) is 1. The van der Waals surface area contributed by atoms with Crippen LogP contribution < -0.4 is 5.32 Å². The minimum Gasteiger partial charge on any atom is -0.312 e. The number of piperazine rings is 2. The summed E-state index contributed by atoms with van der Waals surface area (Å²) in [6, 6.07) is 12.7. The number of fused-ring (bicyclic) bond motifs is 2. The van der Waals surface area contributed by atoms with Crippen LogP contribution in [0.4, 0.5) is 0 Å². The van der Waals surface area contributed by atoms with Gasteiger partial charge in [-0.3, -0.25) is 4.98 Å². The summed E-state index contributed by atoms with van der Waals surface area (Å²) in [5.41, 5.74) is 2.12. The van der Waals surface area contributed by atoms with Crippen LogP contribution in [0, 0.1) is 0 Å². The molecule has 0 amide bonds. The van der Waals surface area contributed by atoms with E-state index in [1.807, 2.05) is 32.3 Å². The van der Waals surface area contributed by atoms with Crippen molar-refractivity contribution in [3.63, 3.8) is 0 Å². The van der Waals surface area contributed by atoms with Crippen LogP contribution in [0.5, 0.6) is 0 Å². The van der Waals surface area contributed by atoms with E-state index in [-0.39, 0.29) is 0 Å². The minimum atomic E-state index is -3.43. The molecule has 3 aliphatic rings. The maximum Gasteiger partial charge on any atom is 0.243 e. The highest BCUT2D eigenvalue weighted by atomic mass is 32.2. The van der Waals surface area contributed by atoms with Gasteiger partial charge in [0.15, 0.2) is 0 Å². The molecule has 3 aliphatic heterocycles. The molecule has 1 N–H and O–H groups in total. The number of pyridine rings is 1. The molecule has 6 rings (SSSR count). The van der Waals surface area contributed by atoms with Gasteiger partial charge in [0, 0.05) is 82.1 Å². The zero-order valence-electron chi connectivity index (χ0n) is 23.2. The second-order valence-corrected chi connectivity index (χ2v) is 14.4. The third kappa shape index (κ3) is 6.08. The van der Waals surface area contributed by atoms with E-state index in [1.165, 1.54) is 0 Å². The van der Waals surface area contributed by atoms with Gasteiger partial charge in [-0.2, -0.15) is 8.61 Å². The lowest BCUT2D eigenvalue weighted by atomic mass is 10.0. The molecule has 0 aliphatic carbocycles. The number of hydrogen-bond acceptors (Lipinski definition) is 8. The molecule has 0 unspecified atom stereocenters. The first-order chi connectivity index (χ1) is 19.2. The Hall–Kier alpha value is -2.45. The molecule has 1 aromatic heterocycles. The van der Waals surface area contributed by atoms with Crippen molar-refractivity contribution in [2.24, 2.45) is 0 Å². The van der Waals surface area contributed by atoms with Crippen LogP contribution in [0.15, 0.2) is 64.6 Å². The maximum atomic E-state index is 12.9. The van der Waals surface area contributed by atoms with Crippen LogP contribution in [0.1, 0.15) is 11.1 Å². The van der Waals surface area contributed by atoms with E-state index in [4.69, 9.17) is 0 Å².